The third-order valence-electron chi connectivity index (χ3n) is 2.91. The fraction of sp³-hybridized carbons (Fsp3) is 0.385. The molecule has 1 rings (SSSR count). The molecule has 0 bridgehead atoms. The zero-order valence-electron chi connectivity index (χ0n) is 11.7. The lowest BCUT2D eigenvalue weighted by molar-refractivity contribution is 0.0787. The third kappa shape index (κ3) is 4.28. The standard InChI is InChI=1S/C13H18N2O3S2/c1-9(12(14)19)8-15(2)13(16)10-4-6-11(7-5-10)20(3,17)18/h4-7,9H,8H2,1-3H3,(H2,14,19). The molecule has 0 aromatic heterocycles. The molecule has 7 heteroatoms. The van der Waals surface area contributed by atoms with Crippen LogP contribution in [0.2, 0.25) is 0 Å². The van der Waals surface area contributed by atoms with Crippen LogP contribution in [0, 0.1) is 5.92 Å². The maximum absolute atomic E-state index is 12.2. The average Bonchev–Trinajstić information content (AvgIpc) is 2.36. The Labute approximate surface area is 124 Å². The minimum absolute atomic E-state index is 0.0748. The summed E-state index contributed by atoms with van der Waals surface area (Å²) in [4.78, 5) is 14.2. The molecule has 5 nitrogen and oxygen atoms in total. The molecule has 1 aromatic carbocycles. The smallest absolute Gasteiger partial charge is 0.253 e. The van der Waals surface area contributed by atoms with Gasteiger partial charge in [0.2, 0.25) is 0 Å². The van der Waals surface area contributed by atoms with Gasteiger partial charge in [0.15, 0.2) is 9.84 Å². The zero-order valence-corrected chi connectivity index (χ0v) is 13.3. The SMILES string of the molecule is CC(CN(C)C(=O)c1ccc(S(C)(=O)=O)cc1)C(N)=S. The lowest BCUT2D eigenvalue weighted by Crippen LogP contribution is -2.35. The van der Waals surface area contributed by atoms with Gasteiger partial charge < -0.3 is 10.6 Å². The van der Waals surface area contributed by atoms with Crippen LogP contribution >= 0.6 is 12.2 Å². The van der Waals surface area contributed by atoms with Crippen molar-refractivity contribution < 1.29 is 13.2 Å². The first-order chi connectivity index (χ1) is 9.12. The fourth-order valence-electron chi connectivity index (χ4n) is 1.65. The second-order valence-corrected chi connectivity index (χ2v) is 7.27. The van der Waals surface area contributed by atoms with Crippen molar-refractivity contribution in [3.05, 3.63) is 29.8 Å². The highest BCUT2D eigenvalue weighted by Gasteiger charge is 2.16. The van der Waals surface area contributed by atoms with Crippen LogP contribution in [0.4, 0.5) is 0 Å². The van der Waals surface area contributed by atoms with Crippen molar-refractivity contribution in [2.45, 2.75) is 11.8 Å². The Kier molecular flexibility index (Phi) is 5.24. The van der Waals surface area contributed by atoms with Gasteiger partial charge in [0, 0.05) is 31.3 Å². The van der Waals surface area contributed by atoms with Crippen LogP contribution in [0.5, 0.6) is 0 Å². The first-order valence-corrected chi connectivity index (χ1v) is 8.27. The van der Waals surface area contributed by atoms with Gasteiger partial charge in [-0.25, -0.2) is 8.42 Å². The minimum Gasteiger partial charge on any atom is -0.393 e. The van der Waals surface area contributed by atoms with Gasteiger partial charge in [-0.05, 0) is 24.3 Å². The number of hydrogen-bond donors (Lipinski definition) is 1. The monoisotopic (exact) mass is 314 g/mol. The van der Waals surface area contributed by atoms with Crippen LogP contribution < -0.4 is 5.73 Å². The number of thiocarbonyl (C=S) groups is 1. The summed E-state index contributed by atoms with van der Waals surface area (Å²) in [6, 6.07) is 5.85. The number of benzene rings is 1. The summed E-state index contributed by atoms with van der Waals surface area (Å²) in [7, 11) is -1.60. The third-order valence-corrected chi connectivity index (χ3v) is 4.44. The van der Waals surface area contributed by atoms with Crippen molar-refractivity contribution in [2.75, 3.05) is 19.8 Å². The molecule has 0 heterocycles. The van der Waals surface area contributed by atoms with Gasteiger partial charge in [-0.2, -0.15) is 0 Å². The van der Waals surface area contributed by atoms with E-state index in [-0.39, 0.29) is 16.7 Å². The van der Waals surface area contributed by atoms with Crippen LogP contribution in [0.25, 0.3) is 0 Å². The van der Waals surface area contributed by atoms with E-state index in [0.717, 1.165) is 6.26 Å². The summed E-state index contributed by atoms with van der Waals surface area (Å²) in [5, 5.41) is 0. The molecular formula is C13H18N2O3S2. The van der Waals surface area contributed by atoms with Gasteiger partial charge in [-0.3, -0.25) is 4.79 Å². The van der Waals surface area contributed by atoms with Crippen LogP contribution in [0.3, 0.4) is 0 Å². The van der Waals surface area contributed by atoms with Gasteiger partial charge in [0.25, 0.3) is 5.91 Å². The summed E-state index contributed by atoms with van der Waals surface area (Å²) >= 11 is 4.87. The van der Waals surface area contributed by atoms with Crippen molar-refractivity contribution in [1.29, 1.82) is 0 Å². The van der Waals surface area contributed by atoms with Gasteiger partial charge in [0.05, 0.1) is 9.88 Å². The Morgan fingerprint density at radius 1 is 1.35 bits per heavy atom. The summed E-state index contributed by atoms with van der Waals surface area (Å²) in [6.45, 7) is 2.26. The molecular weight excluding hydrogens is 296 g/mol. The molecule has 2 N–H and O–H groups in total. The van der Waals surface area contributed by atoms with E-state index in [1.54, 1.807) is 7.05 Å². The van der Waals surface area contributed by atoms with Crippen molar-refractivity contribution in [1.82, 2.24) is 4.90 Å². The molecule has 0 fully saturated rings. The van der Waals surface area contributed by atoms with Crippen molar-refractivity contribution in [3.8, 4) is 0 Å². The lowest BCUT2D eigenvalue weighted by atomic mass is 10.1. The maximum atomic E-state index is 12.2. The van der Waals surface area contributed by atoms with E-state index < -0.39 is 9.84 Å². The molecule has 20 heavy (non-hydrogen) atoms. The van der Waals surface area contributed by atoms with Crippen molar-refractivity contribution in [3.63, 3.8) is 0 Å². The van der Waals surface area contributed by atoms with Crippen LogP contribution in [-0.4, -0.2) is 44.1 Å². The molecule has 1 atom stereocenters. The number of rotatable bonds is 5. The molecule has 0 aliphatic rings. The second-order valence-electron chi connectivity index (χ2n) is 4.79. The minimum atomic E-state index is -3.25. The van der Waals surface area contributed by atoms with E-state index in [1.807, 2.05) is 6.92 Å². The number of amides is 1. The average molecular weight is 314 g/mol. The molecule has 1 aromatic rings. The van der Waals surface area contributed by atoms with Gasteiger partial charge in [-0.1, -0.05) is 19.1 Å². The van der Waals surface area contributed by atoms with E-state index in [1.165, 1.54) is 29.2 Å². The molecule has 1 unspecified atom stereocenters. The number of carbonyl (C=O) groups is 1. The van der Waals surface area contributed by atoms with Gasteiger partial charge in [0.1, 0.15) is 0 Å². The lowest BCUT2D eigenvalue weighted by Gasteiger charge is -2.21. The molecule has 110 valence electrons. The van der Waals surface area contributed by atoms with Gasteiger partial charge >= 0.3 is 0 Å². The molecule has 0 radical (unpaired) electrons. The van der Waals surface area contributed by atoms with Gasteiger partial charge in [-0.15, -0.1) is 0 Å². The molecule has 0 spiro atoms. The number of carbonyl (C=O) groups excluding carboxylic acids is 1. The van der Waals surface area contributed by atoms with Crippen LogP contribution in [0.1, 0.15) is 17.3 Å². The predicted molar refractivity (Wildman–Crippen MR) is 82.5 cm³/mol. The largest absolute Gasteiger partial charge is 0.393 e. The van der Waals surface area contributed by atoms with Crippen LogP contribution in [-0.2, 0) is 9.84 Å². The molecule has 0 saturated carbocycles. The van der Waals surface area contributed by atoms with Crippen molar-refractivity contribution in [2.24, 2.45) is 11.7 Å². The Bertz CT molecular complexity index is 609. The number of hydrogen-bond acceptors (Lipinski definition) is 4. The number of nitrogens with two attached hydrogens (primary N) is 1. The van der Waals surface area contributed by atoms with Crippen molar-refractivity contribution >= 4 is 33.0 Å². The Morgan fingerprint density at radius 2 is 1.85 bits per heavy atom. The summed E-state index contributed by atoms with van der Waals surface area (Å²) in [5.41, 5.74) is 5.94. The highest BCUT2D eigenvalue weighted by atomic mass is 32.2. The second kappa shape index (κ2) is 6.32. The summed E-state index contributed by atoms with van der Waals surface area (Å²) < 4.78 is 22.7. The highest BCUT2D eigenvalue weighted by molar-refractivity contribution is 7.90. The molecule has 0 aliphatic carbocycles. The fourth-order valence-corrected chi connectivity index (χ4v) is 2.35. The first kappa shape index (κ1) is 16.6. The first-order valence-electron chi connectivity index (χ1n) is 5.98. The van der Waals surface area contributed by atoms with E-state index in [0.29, 0.717) is 17.1 Å². The van der Waals surface area contributed by atoms with E-state index in [4.69, 9.17) is 18.0 Å². The highest BCUT2D eigenvalue weighted by Crippen LogP contribution is 2.12. The van der Waals surface area contributed by atoms with E-state index >= 15 is 0 Å². The Morgan fingerprint density at radius 3 is 2.25 bits per heavy atom. The normalized spacial score (nSPS) is 12.8. The topological polar surface area (TPSA) is 80.5 Å². The molecule has 0 aliphatic heterocycles. The summed E-state index contributed by atoms with van der Waals surface area (Å²) in [5.74, 6) is -0.276. The quantitative estimate of drug-likeness (QED) is 0.823. The molecule has 0 saturated heterocycles. The predicted octanol–water partition coefficient (Wildman–Crippen LogP) is 1.08. The summed E-state index contributed by atoms with van der Waals surface area (Å²) in [6.07, 6.45) is 1.12. The van der Waals surface area contributed by atoms with Crippen LogP contribution in [0.15, 0.2) is 29.2 Å². The van der Waals surface area contributed by atoms with E-state index in [9.17, 15) is 13.2 Å². The Balaban J connectivity index is 2.85. The number of nitrogens with zero attached hydrogens (tertiary/aromatic N) is 1. The maximum Gasteiger partial charge on any atom is 0.253 e. The van der Waals surface area contributed by atoms with E-state index in [2.05, 4.69) is 0 Å². The molecule has 1 amide bonds. The zero-order chi connectivity index (χ0) is 15.5. The number of sulfone groups is 1. The Hall–Kier alpha value is -1.47.